The van der Waals surface area contributed by atoms with Gasteiger partial charge in [0.15, 0.2) is 11.5 Å². The van der Waals surface area contributed by atoms with Crippen LogP contribution in [0.25, 0.3) is 0 Å². The van der Waals surface area contributed by atoms with Crippen molar-refractivity contribution in [1.82, 2.24) is 5.32 Å². The number of nitrogens with one attached hydrogen (secondary N) is 1. The van der Waals surface area contributed by atoms with E-state index in [9.17, 15) is 24.6 Å². The highest BCUT2D eigenvalue weighted by atomic mass is 16.6. The van der Waals surface area contributed by atoms with Gasteiger partial charge in [0.25, 0.3) is 5.72 Å². The molecule has 0 aliphatic carbocycles. The zero-order chi connectivity index (χ0) is 21.7. The fourth-order valence-electron chi connectivity index (χ4n) is 2.26. The van der Waals surface area contributed by atoms with Crippen LogP contribution in [0.4, 0.5) is 4.79 Å². The first-order valence-electron chi connectivity index (χ1n) is 8.67. The van der Waals surface area contributed by atoms with E-state index in [4.69, 9.17) is 14.2 Å². The van der Waals surface area contributed by atoms with Crippen LogP contribution in [0.2, 0.25) is 0 Å². The molecule has 1 aromatic carbocycles. The summed E-state index contributed by atoms with van der Waals surface area (Å²) in [6.45, 7) is 9.15. The first kappa shape index (κ1) is 23.1. The summed E-state index contributed by atoms with van der Waals surface area (Å²) >= 11 is 0. The molecule has 9 nitrogen and oxygen atoms in total. The molecule has 0 aliphatic rings. The molecule has 0 saturated carbocycles. The molecule has 0 aliphatic heterocycles. The number of aromatic hydroxyl groups is 2. The predicted molar refractivity (Wildman–Crippen MR) is 98.6 cm³/mol. The largest absolute Gasteiger partial charge is 0.504 e. The van der Waals surface area contributed by atoms with Crippen LogP contribution in [-0.4, -0.2) is 45.7 Å². The molecule has 1 rings (SSSR count). The van der Waals surface area contributed by atoms with E-state index in [-0.39, 0.29) is 17.7 Å². The van der Waals surface area contributed by atoms with E-state index < -0.39 is 41.2 Å². The van der Waals surface area contributed by atoms with Gasteiger partial charge in [0, 0.05) is 13.3 Å². The first-order chi connectivity index (χ1) is 12.7. The maximum absolute atomic E-state index is 12.8. The van der Waals surface area contributed by atoms with Crippen molar-refractivity contribution in [3.63, 3.8) is 0 Å². The lowest BCUT2D eigenvalue weighted by Gasteiger charge is -2.33. The van der Waals surface area contributed by atoms with Crippen molar-refractivity contribution >= 4 is 18.0 Å². The zero-order valence-electron chi connectivity index (χ0n) is 16.9. The molecule has 0 heterocycles. The summed E-state index contributed by atoms with van der Waals surface area (Å²) < 4.78 is 15.5. The highest BCUT2D eigenvalue weighted by Gasteiger charge is 2.47. The molecule has 0 bridgehead atoms. The number of phenols is 2. The Balaban J connectivity index is 3.36. The Morgan fingerprint density at radius 2 is 1.68 bits per heavy atom. The van der Waals surface area contributed by atoms with E-state index >= 15 is 0 Å². The summed E-state index contributed by atoms with van der Waals surface area (Å²) in [5.74, 6) is -2.67. The third-order valence-electron chi connectivity index (χ3n) is 3.19. The highest BCUT2D eigenvalue weighted by molar-refractivity contribution is 5.87. The highest BCUT2D eigenvalue weighted by Crippen LogP contribution is 2.28. The number of alkyl carbamates (subject to hydrolysis) is 1. The number of rotatable bonds is 6. The van der Waals surface area contributed by atoms with Crippen LogP contribution in [0, 0.1) is 0 Å². The van der Waals surface area contributed by atoms with Crippen molar-refractivity contribution in [3.8, 4) is 11.5 Å². The minimum absolute atomic E-state index is 0.285. The standard InChI is InChI=1S/C19H27NO8/c1-11(2)26-16(24)19(27-12(3)21,20-17(25)28-18(4,5)6)10-13-7-8-14(22)15(23)9-13/h7-9,11,22-23H,10H2,1-6H3,(H,20,25)/t19-/m0/s1. The molecular formula is C19H27NO8. The molecule has 0 unspecified atom stereocenters. The van der Waals surface area contributed by atoms with Crippen LogP contribution in [0.3, 0.4) is 0 Å². The van der Waals surface area contributed by atoms with Crippen molar-refractivity contribution < 1.29 is 38.8 Å². The smallest absolute Gasteiger partial charge is 0.411 e. The number of hydrogen-bond donors (Lipinski definition) is 3. The van der Waals surface area contributed by atoms with Crippen LogP contribution in [-0.2, 0) is 30.2 Å². The fourth-order valence-corrected chi connectivity index (χ4v) is 2.26. The summed E-state index contributed by atoms with van der Waals surface area (Å²) in [7, 11) is 0. The van der Waals surface area contributed by atoms with Gasteiger partial charge in [-0.15, -0.1) is 0 Å². The van der Waals surface area contributed by atoms with Crippen LogP contribution in [0.15, 0.2) is 18.2 Å². The van der Waals surface area contributed by atoms with Gasteiger partial charge in [0.2, 0.25) is 0 Å². The van der Waals surface area contributed by atoms with Gasteiger partial charge in [0.05, 0.1) is 6.10 Å². The van der Waals surface area contributed by atoms with Crippen molar-refractivity contribution in [1.29, 1.82) is 0 Å². The molecule has 0 saturated heterocycles. The number of esters is 2. The van der Waals surface area contributed by atoms with E-state index in [0.29, 0.717) is 0 Å². The van der Waals surface area contributed by atoms with Crippen LogP contribution in [0.5, 0.6) is 11.5 Å². The summed E-state index contributed by atoms with van der Waals surface area (Å²) in [5, 5.41) is 21.5. The first-order valence-corrected chi connectivity index (χ1v) is 8.67. The molecule has 1 aromatic rings. The SMILES string of the molecule is CC(=O)O[C@](Cc1ccc(O)c(O)c1)(NC(=O)OC(C)(C)C)C(=O)OC(C)C. The lowest BCUT2D eigenvalue weighted by Crippen LogP contribution is -2.60. The summed E-state index contributed by atoms with van der Waals surface area (Å²) in [4.78, 5) is 36.8. The maximum Gasteiger partial charge on any atom is 0.411 e. The number of carbonyl (C=O) groups excluding carboxylic acids is 3. The topological polar surface area (TPSA) is 131 Å². The van der Waals surface area contributed by atoms with Crippen molar-refractivity contribution in [2.24, 2.45) is 0 Å². The van der Waals surface area contributed by atoms with Crippen molar-refractivity contribution in [2.75, 3.05) is 0 Å². The number of ether oxygens (including phenoxy) is 3. The summed E-state index contributed by atoms with van der Waals surface area (Å²) in [6.07, 6.45) is -1.93. The van der Waals surface area contributed by atoms with Crippen molar-refractivity contribution in [2.45, 2.75) is 65.4 Å². The number of amides is 1. The molecule has 1 amide bonds. The van der Waals surface area contributed by atoms with E-state index in [1.54, 1.807) is 34.6 Å². The number of hydrogen-bond acceptors (Lipinski definition) is 8. The lowest BCUT2D eigenvalue weighted by atomic mass is 10.0. The second kappa shape index (κ2) is 8.81. The third kappa shape index (κ3) is 6.98. The Labute approximate surface area is 163 Å². The normalized spacial score (nSPS) is 13.4. The molecular weight excluding hydrogens is 370 g/mol. The van der Waals surface area contributed by atoms with Gasteiger partial charge in [-0.05, 0) is 52.3 Å². The molecule has 1 atom stereocenters. The second-order valence-corrected chi connectivity index (χ2v) is 7.50. The predicted octanol–water partition coefficient (Wildman–Crippen LogP) is 2.38. The molecule has 28 heavy (non-hydrogen) atoms. The quantitative estimate of drug-likeness (QED) is 0.289. The van der Waals surface area contributed by atoms with Gasteiger partial charge in [-0.1, -0.05) is 6.07 Å². The Kier molecular flexibility index (Phi) is 7.26. The molecule has 156 valence electrons. The van der Waals surface area contributed by atoms with Gasteiger partial charge < -0.3 is 24.4 Å². The Morgan fingerprint density at radius 3 is 2.14 bits per heavy atom. The van der Waals surface area contributed by atoms with Gasteiger partial charge in [0.1, 0.15) is 5.60 Å². The van der Waals surface area contributed by atoms with Gasteiger partial charge in [-0.25, -0.2) is 9.59 Å². The molecule has 0 spiro atoms. The maximum atomic E-state index is 12.8. The number of benzene rings is 1. The number of carbonyl (C=O) groups is 3. The summed E-state index contributed by atoms with van der Waals surface area (Å²) in [5.41, 5.74) is -2.82. The minimum Gasteiger partial charge on any atom is -0.504 e. The Hall–Kier alpha value is -2.97. The minimum atomic E-state index is -2.23. The van der Waals surface area contributed by atoms with Crippen LogP contribution in [0.1, 0.15) is 47.1 Å². The van der Waals surface area contributed by atoms with E-state index in [1.165, 1.54) is 18.2 Å². The monoisotopic (exact) mass is 397 g/mol. The van der Waals surface area contributed by atoms with Gasteiger partial charge >= 0.3 is 18.0 Å². The summed E-state index contributed by atoms with van der Waals surface area (Å²) in [6, 6.07) is 3.77. The molecule has 0 aromatic heterocycles. The van der Waals surface area contributed by atoms with Gasteiger partial charge in [-0.2, -0.15) is 0 Å². The average molecular weight is 397 g/mol. The lowest BCUT2D eigenvalue weighted by molar-refractivity contribution is -0.188. The van der Waals surface area contributed by atoms with E-state index in [1.807, 2.05) is 0 Å². The molecule has 9 heteroatoms. The van der Waals surface area contributed by atoms with Crippen molar-refractivity contribution in [3.05, 3.63) is 23.8 Å². The van der Waals surface area contributed by atoms with Crippen LogP contribution < -0.4 is 5.32 Å². The van der Waals surface area contributed by atoms with Crippen LogP contribution >= 0.6 is 0 Å². The average Bonchev–Trinajstić information content (AvgIpc) is 2.47. The fraction of sp³-hybridized carbons (Fsp3) is 0.526. The molecule has 0 fully saturated rings. The van der Waals surface area contributed by atoms with E-state index in [0.717, 1.165) is 6.92 Å². The molecule has 3 N–H and O–H groups in total. The Morgan fingerprint density at radius 1 is 1.07 bits per heavy atom. The molecule has 0 radical (unpaired) electrons. The number of phenolic OH excluding ortho intramolecular Hbond substituents is 2. The van der Waals surface area contributed by atoms with E-state index in [2.05, 4.69) is 5.32 Å². The Bertz CT molecular complexity index is 738. The third-order valence-corrected chi connectivity index (χ3v) is 3.19. The van der Waals surface area contributed by atoms with Gasteiger partial charge in [-0.3, -0.25) is 10.1 Å². The second-order valence-electron chi connectivity index (χ2n) is 7.50. The zero-order valence-corrected chi connectivity index (χ0v) is 16.9.